The van der Waals surface area contributed by atoms with Gasteiger partial charge in [0.05, 0.1) is 5.02 Å². The van der Waals surface area contributed by atoms with Gasteiger partial charge in [-0.25, -0.2) is 13.4 Å². The van der Waals surface area contributed by atoms with E-state index in [0.717, 1.165) is 10.8 Å². The minimum absolute atomic E-state index is 0.117. The average molecular weight is 471 g/mol. The lowest BCUT2D eigenvalue weighted by molar-refractivity contribution is -0.212. The van der Waals surface area contributed by atoms with Gasteiger partial charge in [0.2, 0.25) is 10.0 Å². The normalized spacial score (nSPS) is 16.3. The van der Waals surface area contributed by atoms with Gasteiger partial charge in [0.1, 0.15) is 21.3 Å². The van der Waals surface area contributed by atoms with Crippen LogP contribution in [-0.4, -0.2) is 35.6 Å². The van der Waals surface area contributed by atoms with Gasteiger partial charge in [0.25, 0.3) is 5.91 Å². The lowest BCUT2D eigenvalue weighted by Gasteiger charge is -2.43. The third-order valence-corrected chi connectivity index (χ3v) is 6.91. The van der Waals surface area contributed by atoms with Gasteiger partial charge in [-0.1, -0.05) is 23.2 Å². The van der Waals surface area contributed by atoms with Crippen molar-refractivity contribution in [3.8, 4) is 0 Å². The van der Waals surface area contributed by atoms with E-state index in [1.165, 1.54) is 25.4 Å². The molecule has 2 aromatic heterocycles. The van der Waals surface area contributed by atoms with Crippen molar-refractivity contribution in [1.29, 1.82) is 0 Å². The summed E-state index contributed by atoms with van der Waals surface area (Å²) in [5.41, 5.74) is -2.49. The molecule has 1 aliphatic rings. The van der Waals surface area contributed by atoms with Gasteiger partial charge < -0.3 is 9.88 Å². The summed E-state index contributed by atoms with van der Waals surface area (Å²) in [6.07, 6.45) is -2.90. The molecule has 1 fully saturated rings. The lowest BCUT2D eigenvalue weighted by Crippen LogP contribution is -2.62. The summed E-state index contributed by atoms with van der Waals surface area (Å²) in [6, 6.07) is 2.81. The second kappa shape index (κ2) is 7.46. The number of carbonyl (C=O) groups is 1. The van der Waals surface area contributed by atoms with Gasteiger partial charge in [-0.05, 0) is 31.4 Å². The number of aryl methyl sites for hydroxylation is 1. The molecule has 7 nitrogen and oxygen atoms in total. The molecule has 1 aliphatic carbocycles. The monoisotopic (exact) mass is 470 g/mol. The molecule has 0 saturated heterocycles. The first kappa shape index (κ1) is 21.9. The summed E-state index contributed by atoms with van der Waals surface area (Å²) in [7, 11) is -3.29. The highest BCUT2D eigenvalue weighted by molar-refractivity contribution is 7.89. The van der Waals surface area contributed by atoms with Crippen LogP contribution in [0.1, 0.15) is 29.8 Å². The first-order chi connectivity index (χ1) is 13.4. The topological polar surface area (TPSA) is 93.1 Å². The van der Waals surface area contributed by atoms with Crippen LogP contribution in [0.3, 0.4) is 0 Å². The van der Waals surface area contributed by atoms with Gasteiger partial charge in [-0.2, -0.15) is 17.9 Å². The van der Waals surface area contributed by atoms with E-state index < -0.39 is 37.6 Å². The molecule has 0 aliphatic heterocycles. The van der Waals surface area contributed by atoms with Crippen molar-refractivity contribution in [3.63, 3.8) is 0 Å². The third kappa shape index (κ3) is 4.09. The van der Waals surface area contributed by atoms with E-state index >= 15 is 0 Å². The highest BCUT2D eigenvalue weighted by Gasteiger charge is 2.60. The fraction of sp³-hybridized carbons (Fsp3) is 0.375. The predicted molar refractivity (Wildman–Crippen MR) is 101 cm³/mol. The molecular weight excluding hydrogens is 456 g/mol. The lowest BCUT2D eigenvalue weighted by atomic mass is 9.77. The van der Waals surface area contributed by atoms with E-state index in [-0.39, 0.29) is 35.8 Å². The van der Waals surface area contributed by atoms with Crippen LogP contribution in [-0.2, 0) is 17.1 Å². The number of alkyl halides is 3. The number of pyridine rings is 1. The molecular formula is C16H15Cl2F3N4O3S. The Morgan fingerprint density at radius 1 is 1.31 bits per heavy atom. The Morgan fingerprint density at radius 3 is 2.48 bits per heavy atom. The van der Waals surface area contributed by atoms with Crippen LogP contribution >= 0.6 is 23.2 Å². The Hall–Kier alpha value is -1.82. The second-order valence-corrected chi connectivity index (χ2v) is 9.04. The Bertz CT molecular complexity index is 1070. The summed E-state index contributed by atoms with van der Waals surface area (Å²) in [4.78, 5) is 15.7. The Kier molecular flexibility index (Phi) is 5.63. The number of sulfonamides is 1. The molecule has 13 heteroatoms. The zero-order chi connectivity index (χ0) is 21.6. The average Bonchev–Trinajstić information content (AvgIpc) is 2.85. The van der Waals surface area contributed by atoms with Crippen molar-refractivity contribution in [3.05, 3.63) is 40.4 Å². The van der Waals surface area contributed by atoms with Crippen LogP contribution < -0.4 is 10.0 Å². The molecule has 0 spiro atoms. The first-order valence-electron chi connectivity index (χ1n) is 8.25. The molecule has 0 bridgehead atoms. The van der Waals surface area contributed by atoms with E-state index in [1.54, 1.807) is 4.72 Å². The minimum Gasteiger partial charge on any atom is -0.344 e. The molecule has 29 heavy (non-hydrogen) atoms. The number of hydrogen-bond donors (Lipinski definition) is 2. The van der Waals surface area contributed by atoms with Crippen molar-refractivity contribution in [2.24, 2.45) is 7.05 Å². The van der Waals surface area contributed by atoms with Crippen LogP contribution in [0, 0.1) is 0 Å². The number of hydrogen-bond acceptors (Lipinski definition) is 4. The Labute approximate surface area is 174 Å². The highest BCUT2D eigenvalue weighted by Crippen LogP contribution is 2.46. The minimum atomic E-state index is -4.75. The summed E-state index contributed by atoms with van der Waals surface area (Å²) in [5.74, 6) is -0.768. The van der Waals surface area contributed by atoms with Crippen LogP contribution in [0.2, 0.25) is 10.2 Å². The number of carbonyl (C=O) groups excluding carboxylic acids is 1. The van der Waals surface area contributed by atoms with Crippen LogP contribution in [0.4, 0.5) is 18.9 Å². The predicted octanol–water partition coefficient (Wildman–Crippen LogP) is 3.74. The Balaban J connectivity index is 1.91. The third-order valence-electron chi connectivity index (χ3n) is 4.66. The number of amides is 1. The molecule has 0 atom stereocenters. The summed E-state index contributed by atoms with van der Waals surface area (Å²) >= 11 is 11.8. The zero-order valence-corrected chi connectivity index (χ0v) is 17.2. The molecule has 0 unspecified atom stereocenters. The summed E-state index contributed by atoms with van der Waals surface area (Å²) in [6.45, 7) is 0. The Morgan fingerprint density at radius 2 is 1.97 bits per heavy atom. The zero-order valence-electron chi connectivity index (χ0n) is 14.8. The van der Waals surface area contributed by atoms with Crippen molar-refractivity contribution >= 4 is 44.8 Å². The van der Waals surface area contributed by atoms with Gasteiger partial charge in [0.15, 0.2) is 0 Å². The molecule has 1 saturated carbocycles. The molecule has 0 aromatic carbocycles. The molecule has 0 radical (unpaired) electrons. The molecule has 2 aromatic rings. The molecule has 3 rings (SSSR count). The van der Waals surface area contributed by atoms with Gasteiger partial charge >= 0.3 is 6.18 Å². The number of halogens is 5. The second-order valence-electron chi connectivity index (χ2n) is 6.63. The fourth-order valence-corrected chi connectivity index (χ4v) is 5.29. The molecule has 1 amide bonds. The van der Waals surface area contributed by atoms with Crippen molar-refractivity contribution in [2.75, 3.05) is 5.32 Å². The van der Waals surface area contributed by atoms with Crippen LogP contribution in [0.5, 0.6) is 0 Å². The smallest absolute Gasteiger partial charge is 0.344 e. The number of nitrogens with one attached hydrogen (secondary N) is 2. The van der Waals surface area contributed by atoms with Crippen LogP contribution in [0.15, 0.2) is 29.4 Å². The summed E-state index contributed by atoms with van der Waals surface area (Å²) in [5, 5.41) is 2.10. The van der Waals surface area contributed by atoms with Crippen molar-refractivity contribution in [2.45, 2.75) is 35.9 Å². The van der Waals surface area contributed by atoms with Crippen molar-refractivity contribution in [1.82, 2.24) is 14.3 Å². The fourth-order valence-electron chi connectivity index (χ4n) is 2.97. The molecule has 2 N–H and O–H groups in total. The van der Waals surface area contributed by atoms with E-state index in [1.807, 2.05) is 0 Å². The maximum atomic E-state index is 13.3. The number of nitrogens with zero attached hydrogens (tertiary/aromatic N) is 2. The molecule has 158 valence electrons. The van der Waals surface area contributed by atoms with E-state index in [9.17, 15) is 26.4 Å². The maximum absolute atomic E-state index is 13.3. The van der Waals surface area contributed by atoms with Crippen molar-refractivity contribution < 1.29 is 26.4 Å². The van der Waals surface area contributed by atoms with Gasteiger partial charge in [0, 0.05) is 25.1 Å². The number of aromatic nitrogens is 2. The maximum Gasteiger partial charge on any atom is 0.407 e. The van der Waals surface area contributed by atoms with E-state index in [0.29, 0.717) is 0 Å². The van der Waals surface area contributed by atoms with E-state index in [2.05, 4.69) is 10.3 Å². The summed E-state index contributed by atoms with van der Waals surface area (Å²) < 4.78 is 68.2. The number of rotatable bonds is 5. The standard InChI is InChI=1S/C16H15Cl2F3N4O3S/c1-25-8-10(29(27,28)24-15(4-2-5-15)16(19,20)21)12(18)13(25)14(26)23-9-3-6-22-11(17)7-9/h3,6-8,24H,2,4-5H2,1H3,(H,22,23,26). The number of anilines is 1. The quantitative estimate of drug-likeness (QED) is 0.650. The van der Waals surface area contributed by atoms with Gasteiger partial charge in [-0.15, -0.1) is 0 Å². The molecule has 2 heterocycles. The SMILES string of the molecule is Cn1cc(S(=O)(=O)NC2(C(F)(F)F)CCC2)c(Cl)c1C(=O)Nc1ccnc(Cl)c1. The first-order valence-corrected chi connectivity index (χ1v) is 10.5. The van der Waals surface area contributed by atoms with Crippen LogP contribution in [0.25, 0.3) is 0 Å². The largest absolute Gasteiger partial charge is 0.407 e. The van der Waals surface area contributed by atoms with Gasteiger partial charge in [-0.3, -0.25) is 4.79 Å². The highest BCUT2D eigenvalue weighted by atomic mass is 35.5. The van der Waals surface area contributed by atoms with E-state index in [4.69, 9.17) is 23.2 Å².